The van der Waals surface area contributed by atoms with Gasteiger partial charge in [-0.15, -0.1) is 0 Å². The number of carbonyl (C=O) groups excluding carboxylic acids is 1. The maximum absolute atomic E-state index is 12.6. The number of likely N-dealkylation sites (N-methyl/N-ethyl adjacent to an activating group) is 1. The molecule has 1 aromatic rings. The van der Waals surface area contributed by atoms with Crippen LogP contribution < -0.4 is 9.47 Å². The van der Waals surface area contributed by atoms with E-state index < -0.39 is 0 Å². The predicted molar refractivity (Wildman–Crippen MR) is 102 cm³/mol. The largest absolute Gasteiger partial charge is 0.454 e. The zero-order valence-corrected chi connectivity index (χ0v) is 16.4. The van der Waals surface area contributed by atoms with Gasteiger partial charge < -0.3 is 24.0 Å². The molecule has 0 spiro atoms. The Morgan fingerprint density at radius 2 is 1.96 bits per heavy atom. The lowest BCUT2D eigenvalue weighted by Gasteiger charge is -2.42. The fourth-order valence-corrected chi connectivity index (χ4v) is 4.19. The van der Waals surface area contributed by atoms with E-state index in [0.29, 0.717) is 6.04 Å². The summed E-state index contributed by atoms with van der Waals surface area (Å²) >= 11 is 0. The van der Waals surface area contributed by atoms with Crippen LogP contribution in [0.2, 0.25) is 0 Å². The summed E-state index contributed by atoms with van der Waals surface area (Å²) in [5, 5.41) is 0. The molecule has 1 amide bonds. The van der Waals surface area contributed by atoms with E-state index in [1.165, 1.54) is 19.5 Å². The topological polar surface area (TPSA) is 51.2 Å². The van der Waals surface area contributed by atoms with E-state index in [9.17, 15) is 4.79 Å². The number of likely N-dealkylation sites (tertiary alicyclic amines) is 1. The van der Waals surface area contributed by atoms with Crippen LogP contribution in [0.5, 0.6) is 11.5 Å². The highest BCUT2D eigenvalue weighted by Gasteiger charge is 2.31. The lowest BCUT2D eigenvalue weighted by molar-refractivity contribution is 0.0146. The smallest absolute Gasteiger partial charge is 0.410 e. The van der Waals surface area contributed by atoms with Crippen molar-refractivity contribution in [2.24, 2.45) is 0 Å². The molecule has 1 aliphatic carbocycles. The number of fused-ring (bicyclic) bond motifs is 1. The Balaban J connectivity index is 1.24. The van der Waals surface area contributed by atoms with Crippen LogP contribution in [-0.4, -0.2) is 61.0 Å². The maximum atomic E-state index is 12.6. The molecule has 6 nitrogen and oxygen atoms in total. The number of benzene rings is 1. The first-order chi connectivity index (χ1) is 13.1. The Kier molecular flexibility index (Phi) is 5.43. The van der Waals surface area contributed by atoms with Crippen molar-refractivity contribution in [2.45, 2.75) is 63.6 Å². The zero-order chi connectivity index (χ0) is 18.8. The number of ether oxygens (including phenoxy) is 3. The number of nitrogens with zero attached hydrogens (tertiary/aromatic N) is 2. The molecule has 2 heterocycles. The van der Waals surface area contributed by atoms with Crippen molar-refractivity contribution in [1.29, 1.82) is 0 Å². The molecule has 148 valence electrons. The van der Waals surface area contributed by atoms with Gasteiger partial charge in [-0.2, -0.15) is 0 Å². The molecular formula is C21H30N2O4. The quantitative estimate of drug-likeness (QED) is 0.790. The molecule has 4 rings (SSSR count). The lowest BCUT2D eigenvalue weighted by atomic mass is 9.90. The Morgan fingerprint density at radius 3 is 2.67 bits per heavy atom. The van der Waals surface area contributed by atoms with Crippen molar-refractivity contribution in [3.63, 3.8) is 0 Å². The Morgan fingerprint density at radius 1 is 1.22 bits per heavy atom. The van der Waals surface area contributed by atoms with E-state index >= 15 is 0 Å². The molecule has 0 bridgehead atoms. The molecule has 1 saturated heterocycles. The van der Waals surface area contributed by atoms with Gasteiger partial charge in [-0.3, -0.25) is 0 Å². The second kappa shape index (κ2) is 7.97. The summed E-state index contributed by atoms with van der Waals surface area (Å²) in [6.45, 7) is 4.82. The van der Waals surface area contributed by atoms with Crippen LogP contribution in [-0.2, 0) is 11.2 Å². The molecule has 2 aliphatic heterocycles. The van der Waals surface area contributed by atoms with Crippen molar-refractivity contribution < 1.29 is 19.0 Å². The number of rotatable bonds is 5. The Labute approximate surface area is 161 Å². The molecule has 0 N–H and O–H groups in total. The zero-order valence-electron chi connectivity index (χ0n) is 16.4. The highest BCUT2D eigenvalue weighted by atomic mass is 16.7. The highest BCUT2D eigenvalue weighted by molar-refractivity contribution is 5.68. The van der Waals surface area contributed by atoms with Gasteiger partial charge >= 0.3 is 6.09 Å². The normalized spacial score (nSPS) is 25.6. The number of carbonyl (C=O) groups is 1. The van der Waals surface area contributed by atoms with Crippen LogP contribution in [0.4, 0.5) is 4.79 Å². The van der Waals surface area contributed by atoms with Gasteiger partial charge in [-0.1, -0.05) is 6.07 Å². The third kappa shape index (κ3) is 4.15. The fourth-order valence-electron chi connectivity index (χ4n) is 4.19. The average Bonchev–Trinajstić information content (AvgIpc) is 3.09. The van der Waals surface area contributed by atoms with Gasteiger partial charge in [0.05, 0.1) is 0 Å². The molecule has 3 aliphatic rings. The summed E-state index contributed by atoms with van der Waals surface area (Å²) in [6.07, 6.45) is 6.20. The Hall–Kier alpha value is -1.95. The molecule has 1 saturated carbocycles. The predicted octanol–water partition coefficient (Wildman–Crippen LogP) is 3.43. The number of hydrogen-bond donors (Lipinski definition) is 0. The minimum absolute atomic E-state index is 0.0512. The van der Waals surface area contributed by atoms with Crippen LogP contribution in [0.1, 0.15) is 44.6 Å². The van der Waals surface area contributed by atoms with E-state index in [1.807, 2.05) is 32.2 Å². The molecular weight excluding hydrogens is 344 g/mol. The third-order valence-electron chi connectivity index (χ3n) is 6.24. The van der Waals surface area contributed by atoms with Gasteiger partial charge in [-0.05, 0) is 76.2 Å². The van der Waals surface area contributed by atoms with Gasteiger partial charge in [0, 0.05) is 19.1 Å². The second-order valence-electron chi connectivity index (χ2n) is 8.06. The lowest BCUT2D eigenvalue weighted by Crippen LogP contribution is -2.47. The minimum atomic E-state index is -0.212. The van der Waals surface area contributed by atoms with Crippen molar-refractivity contribution in [3.05, 3.63) is 23.8 Å². The molecule has 0 aromatic heterocycles. The van der Waals surface area contributed by atoms with E-state index in [4.69, 9.17) is 14.2 Å². The third-order valence-corrected chi connectivity index (χ3v) is 6.24. The monoisotopic (exact) mass is 374 g/mol. The molecule has 1 atom stereocenters. The van der Waals surface area contributed by atoms with Crippen molar-refractivity contribution in [1.82, 2.24) is 9.80 Å². The molecule has 6 heteroatoms. The summed E-state index contributed by atoms with van der Waals surface area (Å²) < 4.78 is 16.6. The van der Waals surface area contributed by atoms with Gasteiger partial charge in [0.15, 0.2) is 11.5 Å². The van der Waals surface area contributed by atoms with Crippen LogP contribution >= 0.6 is 0 Å². The highest BCUT2D eigenvalue weighted by Crippen LogP contribution is 2.33. The Bertz CT molecular complexity index is 668. The van der Waals surface area contributed by atoms with Crippen LogP contribution in [0.3, 0.4) is 0 Å². The van der Waals surface area contributed by atoms with E-state index in [0.717, 1.165) is 49.2 Å². The molecule has 27 heavy (non-hydrogen) atoms. The van der Waals surface area contributed by atoms with Gasteiger partial charge in [0.2, 0.25) is 6.79 Å². The van der Waals surface area contributed by atoms with E-state index in [-0.39, 0.29) is 25.0 Å². The van der Waals surface area contributed by atoms with Crippen LogP contribution in [0.25, 0.3) is 0 Å². The average molecular weight is 374 g/mol. The summed E-state index contributed by atoms with van der Waals surface area (Å²) in [4.78, 5) is 16.8. The minimum Gasteiger partial charge on any atom is -0.454 e. The van der Waals surface area contributed by atoms with Gasteiger partial charge in [0.1, 0.15) is 6.10 Å². The van der Waals surface area contributed by atoms with Crippen LogP contribution in [0.15, 0.2) is 18.2 Å². The first-order valence-corrected chi connectivity index (χ1v) is 10.2. The second-order valence-corrected chi connectivity index (χ2v) is 8.06. The number of hydrogen-bond acceptors (Lipinski definition) is 5. The standard InChI is InChI=1S/C21H30N2O4/c1-15(12-16-4-9-19-20(13-16)26-14-25-19)22(2)21(24)27-18-7-5-17(6-8-18)23-10-3-11-23/h4,9,13,15,17-18H,3,5-8,10-12,14H2,1-2H3. The van der Waals surface area contributed by atoms with Crippen LogP contribution in [0, 0.1) is 0 Å². The summed E-state index contributed by atoms with van der Waals surface area (Å²) in [6, 6.07) is 6.71. The van der Waals surface area contributed by atoms with Gasteiger partial charge in [0.25, 0.3) is 0 Å². The van der Waals surface area contributed by atoms with Crippen molar-refractivity contribution in [2.75, 3.05) is 26.9 Å². The van der Waals surface area contributed by atoms with Crippen molar-refractivity contribution >= 4 is 6.09 Å². The molecule has 0 radical (unpaired) electrons. The summed E-state index contributed by atoms with van der Waals surface area (Å²) in [7, 11) is 1.83. The molecule has 2 fully saturated rings. The van der Waals surface area contributed by atoms with Crippen molar-refractivity contribution in [3.8, 4) is 11.5 Å². The SMILES string of the molecule is CC(Cc1ccc2c(c1)OCO2)N(C)C(=O)OC1CCC(N2CCC2)CC1. The summed E-state index contributed by atoms with van der Waals surface area (Å²) in [5.74, 6) is 1.57. The summed E-state index contributed by atoms with van der Waals surface area (Å²) in [5.41, 5.74) is 1.13. The molecule has 1 aromatic carbocycles. The fraction of sp³-hybridized carbons (Fsp3) is 0.667. The molecule has 1 unspecified atom stereocenters. The first-order valence-electron chi connectivity index (χ1n) is 10.2. The number of amides is 1. The first kappa shape index (κ1) is 18.4. The van der Waals surface area contributed by atoms with Gasteiger partial charge in [-0.25, -0.2) is 4.79 Å². The van der Waals surface area contributed by atoms with E-state index in [2.05, 4.69) is 4.90 Å². The van der Waals surface area contributed by atoms with E-state index in [1.54, 1.807) is 4.90 Å². The maximum Gasteiger partial charge on any atom is 0.410 e.